The molecule has 0 radical (unpaired) electrons. The molecule has 0 saturated heterocycles. The van der Waals surface area contributed by atoms with E-state index in [4.69, 9.17) is 4.98 Å². The predicted octanol–water partition coefficient (Wildman–Crippen LogP) is 5.71. The number of pyridine rings is 2. The Hall–Kier alpha value is -2.70. The van der Waals surface area contributed by atoms with E-state index in [1.54, 1.807) is 24.2 Å². The van der Waals surface area contributed by atoms with Gasteiger partial charge in [-0.05, 0) is 60.4 Å². The summed E-state index contributed by atoms with van der Waals surface area (Å²) in [7, 11) is 0. The summed E-state index contributed by atoms with van der Waals surface area (Å²) in [6.45, 7) is 0.466. The molecule has 0 spiro atoms. The summed E-state index contributed by atoms with van der Waals surface area (Å²) in [5, 5.41) is 3.85. The molecule has 0 fully saturated rings. The Bertz CT molecular complexity index is 1160. The summed E-state index contributed by atoms with van der Waals surface area (Å²) in [6.07, 6.45) is 5.52. The van der Waals surface area contributed by atoms with Gasteiger partial charge in [0.25, 0.3) is 5.91 Å². The quantitative estimate of drug-likeness (QED) is 0.385. The van der Waals surface area contributed by atoms with Gasteiger partial charge in [0.1, 0.15) is 0 Å². The summed E-state index contributed by atoms with van der Waals surface area (Å²) in [6, 6.07) is 19.6. The number of aromatic nitrogens is 2. The van der Waals surface area contributed by atoms with Crippen molar-refractivity contribution in [1.29, 1.82) is 0 Å². The smallest absolute Gasteiger partial charge is 0.252 e. The van der Waals surface area contributed by atoms with Gasteiger partial charge in [-0.1, -0.05) is 28.1 Å². The van der Waals surface area contributed by atoms with E-state index in [-0.39, 0.29) is 5.91 Å². The Balaban J connectivity index is 1.68. The molecule has 0 bridgehead atoms. The van der Waals surface area contributed by atoms with Crippen LogP contribution in [-0.2, 0) is 6.54 Å². The van der Waals surface area contributed by atoms with Gasteiger partial charge in [-0.25, -0.2) is 4.98 Å². The number of nitrogens with zero attached hydrogens (tertiary/aromatic N) is 2. The molecule has 0 aliphatic heterocycles. The molecule has 4 aromatic rings. The number of halogens is 1. The molecular weight excluding hydrogens is 446 g/mol. The summed E-state index contributed by atoms with van der Waals surface area (Å²) >= 11 is 5.19. The highest BCUT2D eigenvalue weighted by Gasteiger charge is 2.14. The predicted molar refractivity (Wildman–Crippen MR) is 122 cm³/mol. The molecule has 0 saturated carbocycles. The Morgan fingerprint density at radius 2 is 1.93 bits per heavy atom. The number of amides is 1. The van der Waals surface area contributed by atoms with Crippen molar-refractivity contribution in [3.8, 4) is 11.3 Å². The number of carbonyl (C=O) groups excluding carboxylic acids is 1. The number of rotatable bonds is 5. The lowest BCUT2D eigenvalue weighted by Gasteiger charge is -2.11. The Labute approximate surface area is 181 Å². The average molecular weight is 464 g/mol. The Morgan fingerprint density at radius 3 is 2.66 bits per heavy atom. The van der Waals surface area contributed by atoms with E-state index in [2.05, 4.69) is 38.4 Å². The molecule has 4 rings (SSSR count). The molecule has 6 heteroatoms. The van der Waals surface area contributed by atoms with Gasteiger partial charge >= 0.3 is 0 Å². The summed E-state index contributed by atoms with van der Waals surface area (Å²) in [5.74, 6) is -0.130. The topological polar surface area (TPSA) is 54.9 Å². The van der Waals surface area contributed by atoms with Gasteiger partial charge in [0, 0.05) is 39.3 Å². The van der Waals surface area contributed by atoms with E-state index >= 15 is 0 Å². The lowest BCUT2D eigenvalue weighted by atomic mass is 10.0. The number of hydrogen-bond donors (Lipinski definition) is 1. The standard InChI is InChI=1S/C23H18BrN3OS/c1-29-18-7-4-15(5-8-18)13-26-23(28)20-12-22(16-3-2-10-25-14-16)27-21-9-6-17(24)11-19(20)21/h2-12,14H,13H2,1H3,(H,26,28). The van der Waals surface area contributed by atoms with Crippen molar-refractivity contribution in [3.05, 3.63) is 88.7 Å². The first kappa shape index (κ1) is 19.6. The Morgan fingerprint density at radius 1 is 1.10 bits per heavy atom. The lowest BCUT2D eigenvalue weighted by Crippen LogP contribution is -2.23. The average Bonchev–Trinajstić information content (AvgIpc) is 2.77. The molecule has 1 N–H and O–H groups in total. The second-order valence-electron chi connectivity index (χ2n) is 6.49. The van der Waals surface area contributed by atoms with Gasteiger partial charge in [-0.15, -0.1) is 11.8 Å². The van der Waals surface area contributed by atoms with E-state index in [0.717, 1.165) is 32.2 Å². The highest BCUT2D eigenvalue weighted by molar-refractivity contribution is 9.10. The molecule has 2 heterocycles. The second-order valence-corrected chi connectivity index (χ2v) is 8.28. The third-order valence-corrected chi connectivity index (χ3v) is 5.82. The molecule has 0 aliphatic carbocycles. The second kappa shape index (κ2) is 8.76. The number of carbonyl (C=O) groups is 1. The normalized spacial score (nSPS) is 10.8. The molecule has 0 unspecified atom stereocenters. The van der Waals surface area contributed by atoms with Crippen molar-refractivity contribution in [2.45, 2.75) is 11.4 Å². The maximum Gasteiger partial charge on any atom is 0.252 e. The first-order valence-corrected chi connectivity index (χ1v) is 11.1. The van der Waals surface area contributed by atoms with Crippen LogP contribution >= 0.6 is 27.7 Å². The van der Waals surface area contributed by atoms with Gasteiger partial charge in [-0.3, -0.25) is 9.78 Å². The molecule has 2 aromatic carbocycles. The van der Waals surface area contributed by atoms with Crippen LogP contribution in [-0.4, -0.2) is 22.1 Å². The van der Waals surface area contributed by atoms with Crippen LogP contribution in [0.3, 0.4) is 0 Å². The van der Waals surface area contributed by atoms with Crippen molar-refractivity contribution >= 4 is 44.5 Å². The molecule has 2 aromatic heterocycles. The molecule has 4 nitrogen and oxygen atoms in total. The van der Waals surface area contributed by atoms with E-state index in [1.807, 2.05) is 54.8 Å². The van der Waals surface area contributed by atoms with E-state index < -0.39 is 0 Å². The van der Waals surface area contributed by atoms with Gasteiger partial charge in [0.2, 0.25) is 0 Å². The first-order chi connectivity index (χ1) is 14.1. The highest BCUT2D eigenvalue weighted by Crippen LogP contribution is 2.27. The minimum absolute atomic E-state index is 0.130. The first-order valence-electron chi connectivity index (χ1n) is 9.06. The minimum Gasteiger partial charge on any atom is -0.348 e. The summed E-state index contributed by atoms with van der Waals surface area (Å²) < 4.78 is 0.905. The largest absolute Gasteiger partial charge is 0.348 e. The van der Waals surface area contributed by atoms with Gasteiger partial charge in [0.15, 0.2) is 0 Å². The van der Waals surface area contributed by atoms with Gasteiger partial charge < -0.3 is 5.32 Å². The molecule has 29 heavy (non-hydrogen) atoms. The zero-order valence-corrected chi connectivity index (χ0v) is 18.1. The van der Waals surface area contributed by atoms with E-state index in [1.165, 1.54) is 4.90 Å². The highest BCUT2D eigenvalue weighted by atomic mass is 79.9. The van der Waals surface area contributed by atoms with Crippen LogP contribution in [0.25, 0.3) is 22.2 Å². The van der Waals surface area contributed by atoms with E-state index in [9.17, 15) is 4.79 Å². The zero-order chi connectivity index (χ0) is 20.2. The lowest BCUT2D eigenvalue weighted by molar-refractivity contribution is 0.0952. The molecule has 0 atom stereocenters. The van der Waals surface area contributed by atoms with Crippen molar-refractivity contribution in [1.82, 2.24) is 15.3 Å². The van der Waals surface area contributed by atoms with Crippen molar-refractivity contribution < 1.29 is 4.79 Å². The van der Waals surface area contributed by atoms with Crippen LogP contribution < -0.4 is 5.32 Å². The number of nitrogens with one attached hydrogen (secondary N) is 1. The zero-order valence-electron chi connectivity index (χ0n) is 15.7. The maximum absolute atomic E-state index is 13.1. The SMILES string of the molecule is CSc1ccc(CNC(=O)c2cc(-c3cccnc3)nc3ccc(Br)cc23)cc1. The fourth-order valence-electron chi connectivity index (χ4n) is 3.07. The van der Waals surface area contributed by atoms with Crippen molar-refractivity contribution in [2.24, 2.45) is 0 Å². The maximum atomic E-state index is 13.1. The number of hydrogen-bond acceptors (Lipinski definition) is 4. The van der Waals surface area contributed by atoms with Crippen LogP contribution in [0.4, 0.5) is 0 Å². The number of fused-ring (bicyclic) bond motifs is 1. The van der Waals surface area contributed by atoms with Crippen LogP contribution in [0.2, 0.25) is 0 Å². The third kappa shape index (κ3) is 4.49. The summed E-state index contributed by atoms with van der Waals surface area (Å²) in [5.41, 5.74) is 4.02. The van der Waals surface area contributed by atoms with Gasteiger partial charge in [-0.2, -0.15) is 0 Å². The fraction of sp³-hybridized carbons (Fsp3) is 0.0870. The molecule has 0 aliphatic rings. The van der Waals surface area contributed by atoms with Crippen LogP contribution in [0.5, 0.6) is 0 Å². The van der Waals surface area contributed by atoms with Crippen LogP contribution in [0.15, 0.2) is 82.4 Å². The third-order valence-electron chi connectivity index (χ3n) is 4.58. The number of thioether (sulfide) groups is 1. The van der Waals surface area contributed by atoms with E-state index in [0.29, 0.717) is 12.1 Å². The fourth-order valence-corrected chi connectivity index (χ4v) is 3.84. The van der Waals surface area contributed by atoms with Crippen molar-refractivity contribution in [3.63, 3.8) is 0 Å². The van der Waals surface area contributed by atoms with Gasteiger partial charge in [0.05, 0.1) is 16.8 Å². The number of benzene rings is 2. The minimum atomic E-state index is -0.130. The molecular formula is C23H18BrN3OS. The molecule has 144 valence electrons. The summed E-state index contributed by atoms with van der Waals surface area (Å²) in [4.78, 5) is 23.2. The van der Waals surface area contributed by atoms with Crippen LogP contribution in [0, 0.1) is 0 Å². The van der Waals surface area contributed by atoms with Crippen molar-refractivity contribution in [2.75, 3.05) is 6.26 Å². The van der Waals surface area contributed by atoms with Crippen LogP contribution in [0.1, 0.15) is 15.9 Å². The molecule has 1 amide bonds. The Kier molecular flexibility index (Phi) is 5.92. The monoisotopic (exact) mass is 463 g/mol.